The molecular weight excluding hydrogens is 340 g/mol. The lowest BCUT2D eigenvalue weighted by atomic mass is 9.95. The van der Waals surface area contributed by atoms with E-state index in [0.717, 1.165) is 48.7 Å². The molecule has 0 spiro atoms. The number of carbonyl (C=O) groups is 1. The van der Waals surface area contributed by atoms with Gasteiger partial charge < -0.3 is 10.2 Å². The summed E-state index contributed by atoms with van der Waals surface area (Å²) in [5.41, 5.74) is 5.72. The van der Waals surface area contributed by atoms with E-state index in [4.69, 9.17) is 4.98 Å². The first-order chi connectivity index (χ1) is 13.0. The van der Waals surface area contributed by atoms with Gasteiger partial charge in [0.2, 0.25) is 0 Å². The van der Waals surface area contributed by atoms with E-state index in [1.54, 1.807) is 0 Å². The van der Waals surface area contributed by atoms with Gasteiger partial charge in [-0.2, -0.15) is 5.10 Å². The van der Waals surface area contributed by atoms with Crippen LogP contribution in [0.3, 0.4) is 0 Å². The average molecular weight is 368 g/mol. The van der Waals surface area contributed by atoms with Gasteiger partial charge in [0, 0.05) is 30.2 Å². The number of aryl methyl sites for hydroxylation is 4. The van der Waals surface area contributed by atoms with Crippen molar-refractivity contribution in [3.8, 4) is 0 Å². The number of amides is 2. The minimum absolute atomic E-state index is 0.0435. The highest BCUT2D eigenvalue weighted by molar-refractivity contribution is 5.74. The predicted molar refractivity (Wildman–Crippen MR) is 103 cm³/mol. The third-order valence-corrected chi connectivity index (χ3v) is 5.68. The lowest BCUT2D eigenvalue weighted by molar-refractivity contribution is 0.206. The van der Waals surface area contributed by atoms with Gasteiger partial charge in [0.1, 0.15) is 5.82 Å². The molecule has 27 heavy (non-hydrogen) atoms. The molecule has 0 aromatic carbocycles. The number of nitrogens with zero attached hydrogens (tertiary/aromatic N) is 5. The summed E-state index contributed by atoms with van der Waals surface area (Å²) in [5, 5.41) is 7.57. The largest absolute Gasteiger partial charge is 0.331 e. The molecule has 2 aromatic rings. The van der Waals surface area contributed by atoms with Crippen LogP contribution in [0.25, 0.3) is 0 Å². The van der Waals surface area contributed by atoms with Crippen LogP contribution in [0.2, 0.25) is 0 Å². The van der Waals surface area contributed by atoms with Crippen molar-refractivity contribution in [1.82, 2.24) is 30.0 Å². The summed E-state index contributed by atoms with van der Waals surface area (Å²) in [6.45, 7) is 7.95. The highest BCUT2D eigenvalue weighted by Crippen LogP contribution is 2.24. The summed E-state index contributed by atoms with van der Waals surface area (Å²) >= 11 is 0. The number of hydrogen-bond donors (Lipinski definition) is 1. The first-order valence-corrected chi connectivity index (χ1v) is 9.92. The summed E-state index contributed by atoms with van der Waals surface area (Å²) in [6.07, 6.45) is 5.45. The van der Waals surface area contributed by atoms with Crippen LogP contribution in [0.1, 0.15) is 59.5 Å². The molecule has 1 atom stereocenters. The lowest BCUT2D eigenvalue weighted by Gasteiger charge is -2.19. The Morgan fingerprint density at radius 1 is 1.22 bits per heavy atom. The Labute approximate surface area is 160 Å². The monoisotopic (exact) mass is 368 g/mol. The first kappa shape index (κ1) is 17.9. The summed E-state index contributed by atoms with van der Waals surface area (Å²) in [7, 11) is 0. The Hall–Kier alpha value is -2.44. The summed E-state index contributed by atoms with van der Waals surface area (Å²) in [4.78, 5) is 23.8. The van der Waals surface area contributed by atoms with Gasteiger partial charge in [-0.25, -0.2) is 14.8 Å². The molecule has 1 N–H and O–H groups in total. The van der Waals surface area contributed by atoms with Gasteiger partial charge >= 0.3 is 6.03 Å². The molecule has 1 saturated heterocycles. The Morgan fingerprint density at radius 3 is 2.81 bits per heavy atom. The number of nitrogens with one attached hydrogen (secondary N) is 1. The number of urea groups is 1. The molecule has 1 aliphatic heterocycles. The zero-order valence-corrected chi connectivity index (χ0v) is 16.5. The molecule has 7 nitrogen and oxygen atoms in total. The summed E-state index contributed by atoms with van der Waals surface area (Å²) < 4.78 is 2.05. The molecule has 1 aliphatic carbocycles. The van der Waals surface area contributed by atoms with Crippen molar-refractivity contribution >= 4 is 6.03 Å². The highest BCUT2D eigenvalue weighted by atomic mass is 16.2. The molecular formula is C20H28N6O. The number of likely N-dealkylation sites (tertiary alicyclic amines) is 1. The van der Waals surface area contributed by atoms with E-state index in [2.05, 4.69) is 40.0 Å². The van der Waals surface area contributed by atoms with Crippen LogP contribution >= 0.6 is 0 Å². The Morgan fingerprint density at radius 2 is 2.04 bits per heavy atom. The molecule has 2 amide bonds. The summed E-state index contributed by atoms with van der Waals surface area (Å²) in [6, 6.07) is 2.29. The molecule has 2 aromatic heterocycles. The number of rotatable bonds is 3. The normalized spacial score (nSPS) is 19.2. The van der Waals surface area contributed by atoms with Gasteiger partial charge in [-0.1, -0.05) is 0 Å². The topological polar surface area (TPSA) is 75.9 Å². The third kappa shape index (κ3) is 3.68. The molecule has 0 unspecified atom stereocenters. The van der Waals surface area contributed by atoms with Crippen LogP contribution in [0.15, 0.2) is 6.07 Å². The van der Waals surface area contributed by atoms with Crippen molar-refractivity contribution in [3.63, 3.8) is 0 Å². The maximum absolute atomic E-state index is 12.6. The number of aromatic nitrogens is 4. The Bertz CT molecular complexity index is 858. The zero-order valence-electron chi connectivity index (χ0n) is 16.5. The van der Waals surface area contributed by atoms with E-state index >= 15 is 0 Å². The van der Waals surface area contributed by atoms with E-state index in [-0.39, 0.29) is 12.1 Å². The fraction of sp³-hybridized carbons (Fsp3) is 0.600. The lowest BCUT2D eigenvalue weighted by Crippen LogP contribution is -2.38. The minimum Gasteiger partial charge on any atom is -0.331 e. The molecule has 0 radical (unpaired) electrons. The molecule has 0 bridgehead atoms. The standard InChI is InChI=1S/C20H28N6O/c1-13-10-14(2)26(24-13)16-8-9-25(12-16)20(27)21-11-19-22-15(3)17-6-4-5-7-18(17)23-19/h10,16H,4-9,11-12H2,1-3H3,(H,21,27)/t16-/m0/s1. The maximum Gasteiger partial charge on any atom is 0.317 e. The van der Waals surface area contributed by atoms with Crippen LogP contribution in [0, 0.1) is 20.8 Å². The third-order valence-electron chi connectivity index (χ3n) is 5.68. The average Bonchev–Trinajstić information content (AvgIpc) is 3.26. The van der Waals surface area contributed by atoms with Gasteiger partial charge in [-0.05, 0) is 64.5 Å². The van der Waals surface area contributed by atoms with E-state index in [0.29, 0.717) is 13.1 Å². The quantitative estimate of drug-likeness (QED) is 0.904. The van der Waals surface area contributed by atoms with E-state index in [1.165, 1.54) is 24.1 Å². The SMILES string of the molecule is Cc1cc(C)n([C@H]2CCN(C(=O)NCc3nc(C)c4c(n3)CCCC4)C2)n1. The maximum atomic E-state index is 12.6. The van der Waals surface area contributed by atoms with Gasteiger partial charge in [0.05, 0.1) is 18.3 Å². The van der Waals surface area contributed by atoms with Crippen molar-refractivity contribution in [1.29, 1.82) is 0 Å². The number of hydrogen-bond acceptors (Lipinski definition) is 4. The molecule has 1 fully saturated rings. The van der Waals surface area contributed by atoms with Crippen molar-refractivity contribution < 1.29 is 4.79 Å². The van der Waals surface area contributed by atoms with Crippen LogP contribution in [-0.4, -0.2) is 43.8 Å². The molecule has 0 saturated carbocycles. The second-order valence-corrected chi connectivity index (χ2v) is 7.78. The second-order valence-electron chi connectivity index (χ2n) is 7.78. The van der Waals surface area contributed by atoms with Gasteiger partial charge in [0.25, 0.3) is 0 Å². The molecule has 7 heteroatoms. The van der Waals surface area contributed by atoms with Crippen LogP contribution in [-0.2, 0) is 19.4 Å². The van der Waals surface area contributed by atoms with Crippen LogP contribution in [0.5, 0.6) is 0 Å². The van der Waals surface area contributed by atoms with Crippen LogP contribution in [0.4, 0.5) is 4.79 Å². The fourth-order valence-electron chi connectivity index (χ4n) is 4.33. The van der Waals surface area contributed by atoms with Crippen molar-refractivity contribution in [2.75, 3.05) is 13.1 Å². The molecule has 3 heterocycles. The number of carbonyl (C=O) groups excluding carboxylic acids is 1. The van der Waals surface area contributed by atoms with Crippen molar-refractivity contribution in [2.24, 2.45) is 0 Å². The molecule has 2 aliphatic rings. The minimum atomic E-state index is -0.0435. The number of fused-ring (bicyclic) bond motifs is 1. The molecule has 4 rings (SSSR count). The van der Waals surface area contributed by atoms with Gasteiger partial charge in [-0.15, -0.1) is 0 Å². The first-order valence-electron chi connectivity index (χ1n) is 9.92. The van der Waals surface area contributed by atoms with Crippen molar-refractivity contribution in [2.45, 2.75) is 65.5 Å². The Kier molecular flexibility index (Phi) is 4.85. The van der Waals surface area contributed by atoms with Crippen LogP contribution < -0.4 is 5.32 Å². The second kappa shape index (κ2) is 7.29. The van der Waals surface area contributed by atoms with E-state index < -0.39 is 0 Å². The van der Waals surface area contributed by atoms with Gasteiger partial charge in [-0.3, -0.25) is 4.68 Å². The molecule has 144 valence electrons. The summed E-state index contributed by atoms with van der Waals surface area (Å²) in [5.74, 6) is 0.718. The Balaban J connectivity index is 1.36. The smallest absolute Gasteiger partial charge is 0.317 e. The predicted octanol–water partition coefficient (Wildman–Crippen LogP) is 2.63. The highest BCUT2D eigenvalue weighted by Gasteiger charge is 2.28. The van der Waals surface area contributed by atoms with E-state index in [1.807, 2.05) is 11.8 Å². The van der Waals surface area contributed by atoms with Gasteiger partial charge in [0.15, 0.2) is 0 Å². The van der Waals surface area contributed by atoms with E-state index in [9.17, 15) is 4.79 Å². The van der Waals surface area contributed by atoms with Crippen molar-refractivity contribution in [3.05, 3.63) is 40.2 Å². The zero-order chi connectivity index (χ0) is 19.0. The fourth-order valence-corrected chi connectivity index (χ4v) is 4.33.